The molecule has 0 saturated heterocycles. The van der Waals surface area contributed by atoms with E-state index in [-0.39, 0.29) is 0 Å². The molecule has 0 aliphatic heterocycles. The first-order valence-electron chi connectivity index (χ1n) is 8.34. The predicted molar refractivity (Wildman–Crippen MR) is 98.8 cm³/mol. The molecule has 1 N–H and O–H groups in total. The van der Waals surface area contributed by atoms with Crippen LogP contribution in [0.4, 0.5) is 0 Å². The van der Waals surface area contributed by atoms with Crippen molar-refractivity contribution in [3.63, 3.8) is 0 Å². The lowest BCUT2D eigenvalue weighted by atomic mass is 9.93. The summed E-state index contributed by atoms with van der Waals surface area (Å²) in [7, 11) is 1.65. The normalized spacial score (nSPS) is 11.2. The maximum atomic E-state index is 5.29. The van der Waals surface area contributed by atoms with Crippen molar-refractivity contribution < 1.29 is 4.74 Å². The Kier molecular flexibility index (Phi) is 4.04. The maximum absolute atomic E-state index is 5.29. The molecule has 0 aliphatic rings. The molecule has 0 fully saturated rings. The van der Waals surface area contributed by atoms with Gasteiger partial charge in [0.2, 0.25) is 5.82 Å². The third-order valence-corrected chi connectivity index (χ3v) is 4.38. The largest absolute Gasteiger partial charge is 0.497 e. The Balaban J connectivity index is 1.89. The van der Waals surface area contributed by atoms with Gasteiger partial charge in [0.15, 0.2) is 0 Å². The maximum Gasteiger partial charge on any atom is 0.204 e. The van der Waals surface area contributed by atoms with E-state index >= 15 is 0 Å². The molecule has 0 unspecified atom stereocenters. The smallest absolute Gasteiger partial charge is 0.204 e. The highest BCUT2D eigenvalue weighted by Crippen LogP contribution is 2.33. The van der Waals surface area contributed by atoms with Crippen LogP contribution in [0, 0.1) is 0 Å². The predicted octanol–water partition coefficient (Wildman–Crippen LogP) is 3.61. The van der Waals surface area contributed by atoms with E-state index < -0.39 is 0 Å². The summed E-state index contributed by atoms with van der Waals surface area (Å²) in [6.07, 6.45) is 1.58. The molecule has 0 spiro atoms. The van der Waals surface area contributed by atoms with Crippen LogP contribution in [0.1, 0.15) is 25.3 Å². The Morgan fingerprint density at radius 2 is 1.92 bits per heavy atom. The lowest BCUT2D eigenvalue weighted by Gasteiger charge is -2.13. The van der Waals surface area contributed by atoms with Gasteiger partial charge in [-0.25, -0.2) is 9.97 Å². The number of hydrogen-bond donors (Lipinski definition) is 1. The average molecular weight is 346 g/mol. The van der Waals surface area contributed by atoms with Gasteiger partial charge in [0.1, 0.15) is 12.1 Å². The molecular formula is C19H18N6O. The number of rotatable bonds is 4. The van der Waals surface area contributed by atoms with Gasteiger partial charge in [-0.2, -0.15) is 5.21 Å². The number of methoxy groups -OCH3 is 1. The summed E-state index contributed by atoms with van der Waals surface area (Å²) >= 11 is 0. The number of hydrogen-bond acceptors (Lipinski definition) is 6. The minimum absolute atomic E-state index is 0.302. The van der Waals surface area contributed by atoms with Crippen molar-refractivity contribution >= 4 is 10.9 Å². The number of nitrogens with zero attached hydrogens (tertiary/aromatic N) is 5. The summed E-state index contributed by atoms with van der Waals surface area (Å²) < 4.78 is 5.29. The number of aromatic amines is 1. The number of H-pyrrole nitrogens is 1. The van der Waals surface area contributed by atoms with Gasteiger partial charge in [-0.3, -0.25) is 0 Å². The second kappa shape index (κ2) is 6.51. The van der Waals surface area contributed by atoms with E-state index in [1.807, 2.05) is 30.3 Å². The summed E-state index contributed by atoms with van der Waals surface area (Å²) in [5, 5.41) is 15.4. The third kappa shape index (κ3) is 2.77. The van der Waals surface area contributed by atoms with Crippen LogP contribution in [0.25, 0.3) is 33.5 Å². The summed E-state index contributed by atoms with van der Waals surface area (Å²) in [5.74, 6) is 1.67. The van der Waals surface area contributed by atoms with Gasteiger partial charge in [-0.1, -0.05) is 26.0 Å². The van der Waals surface area contributed by atoms with E-state index in [1.165, 1.54) is 0 Å². The fourth-order valence-corrected chi connectivity index (χ4v) is 3.06. The minimum Gasteiger partial charge on any atom is -0.497 e. The van der Waals surface area contributed by atoms with E-state index in [1.54, 1.807) is 13.4 Å². The van der Waals surface area contributed by atoms with E-state index in [2.05, 4.69) is 50.5 Å². The van der Waals surface area contributed by atoms with Crippen LogP contribution in [-0.4, -0.2) is 37.7 Å². The lowest BCUT2D eigenvalue weighted by Crippen LogP contribution is -1.97. The molecule has 2 aromatic carbocycles. The number of fused-ring (bicyclic) bond motifs is 1. The van der Waals surface area contributed by atoms with Crippen molar-refractivity contribution in [2.45, 2.75) is 19.8 Å². The summed E-state index contributed by atoms with van der Waals surface area (Å²) in [6, 6.07) is 12.0. The second-order valence-electron chi connectivity index (χ2n) is 6.30. The highest BCUT2D eigenvalue weighted by atomic mass is 16.5. The monoisotopic (exact) mass is 346 g/mol. The lowest BCUT2D eigenvalue weighted by molar-refractivity contribution is 0.415. The summed E-state index contributed by atoms with van der Waals surface area (Å²) in [5.41, 5.74) is 4.88. The molecule has 0 atom stereocenters. The van der Waals surface area contributed by atoms with Gasteiger partial charge in [0.05, 0.1) is 18.3 Å². The Hall–Kier alpha value is -3.35. The topological polar surface area (TPSA) is 89.5 Å². The molecule has 0 bridgehead atoms. The molecule has 4 rings (SSSR count). The highest BCUT2D eigenvalue weighted by Gasteiger charge is 2.15. The van der Waals surface area contributed by atoms with Gasteiger partial charge < -0.3 is 4.74 Å². The summed E-state index contributed by atoms with van der Waals surface area (Å²) in [6.45, 7) is 4.29. The van der Waals surface area contributed by atoms with E-state index in [9.17, 15) is 0 Å². The first-order chi connectivity index (χ1) is 12.7. The van der Waals surface area contributed by atoms with Gasteiger partial charge in [-0.15, -0.1) is 10.2 Å². The van der Waals surface area contributed by atoms with Crippen LogP contribution >= 0.6 is 0 Å². The van der Waals surface area contributed by atoms with Crippen molar-refractivity contribution in [2.24, 2.45) is 0 Å². The number of ether oxygens (including phenoxy) is 1. The quantitative estimate of drug-likeness (QED) is 0.607. The first-order valence-corrected chi connectivity index (χ1v) is 8.34. The van der Waals surface area contributed by atoms with Crippen LogP contribution in [0.5, 0.6) is 5.75 Å². The van der Waals surface area contributed by atoms with Crippen LogP contribution in [0.2, 0.25) is 0 Å². The van der Waals surface area contributed by atoms with Crippen LogP contribution in [0.15, 0.2) is 42.7 Å². The van der Waals surface area contributed by atoms with Crippen molar-refractivity contribution in [3.05, 3.63) is 48.3 Å². The zero-order chi connectivity index (χ0) is 18.1. The molecule has 2 aromatic heterocycles. The Bertz CT molecular complexity index is 1060. The standard InChI is InChI=1S/C19H18N6O/c1-11(2)16-8-12(4-6-14(16)19-22-24-25-23-19)18-15-7-5-13(26-3)9-17(15)20-10-21-18/h4-11H,1-3H3,(H,22,23,24,25). The van der Waals surface area contributed by atoms with Gasteiger partial charge >= 0.3 is 0 Å². The van der Waals surface area contributed by atoms with Crippen molar-refractivity contribution in [2.75, 3.05) is 7.11 Å². The number of tetrazole rings is 1. The third-order valence-electron chi connectivity index (χ3n) is 4.38. The SMILES string of the molecule is COc1ccc2c(-c3ccc(-c4nn[nH]n4)c(C(C)C)c3)ncnc2c1. The molecule has 7 nitrogen and oxygen atoms in total. The Labute approximate surface area is 150 Å². The van der Waals surface area contributed by atoms with E-state index in [0.717, 1.165) is 39.0 Å². The van der Waals surface area contributed by atoms with Gasteiger partial charge in [0, 0.05) is 22.6 Å². The zero-order valence-corrected chi connectivity index (χ0v) is 14.8. The minimum atomic E-state index is 0.302. The van der Waals surface area contributed by atoms with Gasteiger partial charge in [0.25, 0.3) is 0 Å². The Morgan fingerprint density at radius 1 is 1.04 bits per heavy atom. The molecule has 2 heterocycles. The fraction of sp³-hybridized carbons (Fsp3) is 0.211. The zero-order valence-electron chi connectivity index (χ0n) is 14.8. The number of aromatic nitrogens is 6. The van der Waals surface area contributed by atoms with Crippen LogP contribution in [0.3, 0.4) is 0 Å². The number of benzene rings is 2. The van der Waals surface area contributed by atoms with Crippen LogP contribution < -0.4 is 4.74 Å². The van der Waals surface area contributed by atoms with Crippen molar-refractivity contribution in [1.82, 2.24) is 30.6 Å². The van der Waals surface area contributed by atoms with Crippen molar-refractivity contribution in [3.8, 4) is 28.4 Å². The highest BCUT2D eigenvalue weighted by molar-refractivity contribution is 5.93. The molecule has 0 saturated carbocycles. The van der Waals surface area contributed by atoms with E-state index in [4.69, 9.17) is 4.74 Å². The molecule has 0 aliphatic carbocycles. The molecule has 26 heavy (non-hydrogen) atoms. The van der Waals surface area contributed by atoms with Crippen molar-refractivity contribution in [1.29, 1.82) is 0 Å². The summed E-state index contributed by atoms with van der Waals surface area (Å²) in [4.78, 5) is 8.89. The molecular weight excluding hydrogens is 328 g/mol. The first kappa shape index (κ1) is 16.1. The molecule has 4 aromatic rings. The Morgan fingerprint density at radius 3 is 2.65 bits per heavy atom. The van der Waals surface area contributed by atoms with Gasteiger partial charge in [-0.05, 0) is 34.9 Å². The average Bonchev–Trinajstić information content (AvgIpc) is 3.21. The molecule has 7 heteroatoms. The van der Waals surface area contributed by atoms with E-state index in [0.29, 0.717) is 11.7 Å². The molecule has 0 amide bonds. The molecule has 0 radical (unpaired) electrons. The number of nitrogens with one attached hydrogen (secondary N) is 1. The fourth-order valence-electron chi connectivity index (χ4n) is 3.06. The molecule has 130 valence electrons. The second-order valence-corrected chi connectivity index (χ2v) is 6.30. The van der Waals surface area contributed by atoms with Crippen LogP contribution in [-0.2, 0) is 0 Å².